The predicted octanol–water partition coefficient (Wildman–Crippen LogP) is 3.41. The first kappa shape index (κ1) is 17.5. The molecule has 1 fully saturated rings. The summed E-state index contributed by atoms with van der Waals surface area (Å²) in [6.07, 6.45) is 1.95. The Morgan fingerprint density at radius 1 is 1.12 bits per heavy atom. The number of hydrogen-bond acceptors (Lipinski definition) is 4. The zero-order valence-electron chi connectivity index (χ0n) is 14.5. The van der Waals surface area contributed by atoms with Crippen molar-refractivity contribution < 1.29 is 9.53 Å². The van der Waals surface area contributed by atoms with E-state index in [9.17, 15) is 10.1 Å². The Hall–Kier alpha value is -3.31. The lowest BCUT2D eigenvalue weighted by atomic mass is 9.98. The molecule has 0 unspecified atom stereocenters. The van der Waals surface area contributed by atoms with E-state index in [2.05, 4.69) is 17.5 Å². The zero-order valence-corrected chi connectivity index (χ0v) is 14.5. The van der Waals surface area contributed by atoms with Gasteiger partial charge in [0.15, 0.2) is 6.61 Å². The summed E-state index contributed by atoms with van der Waals surface area (Å²) in [7, 11) is 0. The summed E-state index contributed by atoms with van der Waals surface area (Å²) in [5.41, 5.74) is 1.81. The Morgan fingerprint density at radius 2 is 1.69 bits per heavy atom. The van der Waals surface area contributed by atoms with Crippen LogP contribution in [0.1, 0.15) is 25.3 Å². The highest BCUT2D eigenvalue weighted by atomic mass is 16.5. The second-order valence-electron chi connectivity index (χ2n) is 6.64. The molecule has 0 saturated heterocycles. The number of carbonyl (C=O) groups excluding carboxylic acids is 1. The Balaban J connectivity index is 1.56. The minimum atomic E-state index is -0.806. The fourth-order valence-electron chi connectivity index (χ4n) is 2.84. The standard InChI is InChI=1S/C21H19N3O2/c1-21(14-23,18-8-9-18)24-20(25)13-26-19-10-6-17(7-11-19)16-4-2-15(12-22)3-5-16/h2-7,10-11,18H,8-9,13H2,1H3,(H,24,25)/t21-/m1/s1. The van der Waals surface area contributed by atoms with Gasteiger partial charge in [0.2, 0.25) is 0 Å². The van der Waals surface area contributed by atoms with E-state index in [4.69, 9.17) is 10.00 Å². The molecule has 1 N–H and O–H groups in total. The van der Waals surface area contributed by atoms with Crippen LogP contribution in [0.4, 0.5) is 0 Å². The normalized spacial score (nSPS) is 15.2. The van der Waals surface area contributed by atoms with E-state index in [1.54, 1.807) is 31.2 Å². The lowest BCUT2D eigenvalue weighted by molar-refractivity contribution is -0.124. The van der Waals surface area contributed by atoms with Crippen molar-refractivity contribution in [3.63, 3.8) is 0 Å². The molecule has 2 aromatic carbocycles. The van der Waals surface area contributed by atoms with Crippen molar-refractivity contribution in [2.75, 3.05) is 6.61 Å². The van der Waals surface area contributed by atoms with Crippen LogP contribution in [0.5, 0.6) is 5.75 Å². The molecule has 1 aliphatic carbocycles. The van der Waals surface area contributed by atoms with Crippen LogP contribution < -0.4 is 10.1 Å². The molecule has 0 radical (unpaired) electrons. The second-order valence-corrected chi connectivity index (χ2v) is 6.64. The first-order valence-corrected chi connectivity index (χ1v) is 8.50. The summed E-state index contributed by atoms with van der Waals surface area (Å²) < 4.78 is 5.52. The number of nitrogens with zero attached hydrogens (tertiary/aromatic N) is 2. The molecule has 2 aromatic rings. The van der Waals surface area contributed by atoms with Crippen LogP contribution in [0.3, 0.4) is 0 Å². The summed E-state index contributed by atoms with van der Waals surface area (Å²) in [6.45, 7) is 1.63. The van der Waals surface area contributed by atoms with Crippen molar-refractivity contribution in [2.24, 2.45) is 5.92 Å². The Kier molecular flexibility index (Phi) is 4.91. The summed E-state index contributed by atoms with van der Waals surface area (Å²) in [6, 6.07) is 19.0. The molecule has 0 aliphatic heterocycles. The van der Waals surface area contributed by atoms with Crippen LogP contribution >= 0.6 is 0 Å². The fourth-order valence-corrected chi connectivity index (χ4v) is 2.84. The van der Waals surface area contributed by atoms with Gasteiger partial charge in [0, 0.05) is 0 Å². The average Bonchev–Trinajstić information content (AvgIpc) is 3.53. The molecule has 1 aliphatic rings. The third kappa shape index (κ3) is 4.02. The quantitative estimate of drug-likeness (QED) is 0.869. The first-order valence-electron chi connectivity index (χ1n) is 8.50. The van der Waals surface area contributed by atoms with Crippen molar-refractivity contribution in [3.8, 4) is 29.0 Å². The minimum Gasteiger partial charge on any atom is -0.484 e. The van der Waals surface area contributed by atoms with E-state index in [0.29, 0.717) is 11.3 Å². The average molecular weight is 345 g/mol. The Labute approximate surface area is 152 Å². The van der Waals surface area contributed by atoms with Crippen molar-refractivity contribution in [3.05, 3.63) is 54.1 Å². The first-order chi connectivity index (χ1) is 12.5. The number of benzene rings is 2. The van der Waals surface area contributed by atoms with E-state index in [-0.39, 0.29) is 18.4 Å². The van der Waals surface area contributed by atoms with Gasteiger partial charge in [-0.2, -0.15) is 10.5 Å². The monoisotopic (exact) mass is 345 g/mol. The number of rotatable bonds is 6. The molecular weight excluding hydrogens is 326 g/mol. The van der Waals surface area contributed by atoms with Gasteiger partial charge in [-0.25, -0.2) is 0 Å². The van der Waals surface area contributed by atoms with Crippen LogP contribution in [-0.4, -0.2) is 18.1 Å². The second kappa shape index (κ2) is 7.29. The van der Waals surface area contributed by atoms with Gasteiger partial charge >= 0.3 is 0 Å². The zero-order chi connectivity index (χ0) is 18.6. The Morgan fingerprint density at radius 3 is 2.19 bits per heavy atom. The summed E-state index contributed by atoms with van der Waals surface area (Å²) in [5, 5.41) is 20.9. The maximum Gasteiger partial charge on any atom is 0.259 e. The number of nitrogens with one attached hydrogen (secondary N) is 1. The predicted molar refractivity (Wildman–Crippen MR) is 97.0 cm³/mol. The molecule has 1 saturated carbocycles. The van der Waals surface area contributed by atoms with E-state index < -0.39 is 5.54 Å². The number of ether oxygens (including phenoxy) is 1. The number of nitriles is 2. The largest absolute Gasteiger partial charge is 0.484 e. The number of carbonyl (C=O) groups is 1. The van der Waals surface area contributed by atoms with Crippen molar-refractivity contribution >= 4 is 5.91 Å². The van der Waals surface area contributed by atoms with Gasteiger partial charge < -0.3 is 10.1 Å². The minimum absolute atomic E-state index is 0.125. The molecule has 0 aromatic heterocycles. The van der Waals surface area contributed by atoms with Crippen LogP contribution in [-0.2, 0) is 4.79 Å². The number of hydrogen-bond donors (Lipinski definition) is 1. The summed E-state index contributed by atoms with van der Waals surface area (Å²) in [4.78, 5) is 12.1. The van der Waals surface area contributed by atoms with E-state index >= 15 is 0 Å². The molecule has 3 rings (SSSR count). The van der Waals surface area contributed by atoms with Gasteiger partial charge in [-0.05, 0) is 61.1 Å². The topological polar surface area (TPSA) is 85.9 Å². The molecule has 1 atom stereocenters. The molecular formula is C21H19N3O2. The third-order valence-corrected chi connectivity index (χ3v) is 4.60. The van der Waals surface area contributed by atoms with Gasteiger partial charge in [-0.15, -0.1) is 0 Å². The van der Waals surface area contributed by atoms with E-state index in [1.807, 2.05) is 24.3 Å². The lowest BCUT2D eigenvalue weighted by Crippen LogP contribution is -2.48. The summed E-state index contributed by atoms with van der Waals surface area (Å²) >= 11 is 0. The third-order valence-electron chi connectivity index (χ3n) is 4.60. The molecule has 5 heteroatoms. The van der Waals surface area contributed by atoms with Gasteiger partial charge in [0.1, 0.15) is 11.3 Å². The van der Waals surface area contributed by atoms with Crippen LogP contribution in [0.15, 0.2) is 48.5 Å². The smallest absolute Gasteiger partial charge is 0.259 e. The maximum atomic E-state index is 12.1. The molecule has 5 nitrogen and oxygen atoms in total. The molecule has 0 spiro atoms. The van der Waals surface area contributed by atoms with Gasteiger partial charge in [-0.3, -0.25) is 4.79 Å². The van der Waals surface area contributed by atoms with Crippen molar-refractivity contribution in [1.29, 1.82) is 10.5 Å². The SMILES string of the molecule is C[C@](C#N)(NC(=O)COc1ccc(-c2ccc(C#N)cc2)cc1)C1CC1. The highest BCUT2D eigenvalue weighted by molar-refractivity contribution is 5.79. The highest BCUT2D eigenvalue weighted by Crippen LogP contribution is 2.39. The summed E-state index contributed by atoms with van der Waals surface area (Å²) in [5.74, 6) is 0.530. The molecule has 26 heavy (non-hydrogen) atoms. The van der Waals surface area contributed by atoms with Crippen LogP contribution in [0.25, 0.3) is 11.1 Å². The molecule has 1 amide bonds. The van der Waals surface area contributed by atoms with Crippen molar-refractivity contribution in [1.82, 2.24) is 5.32 Å². The van der Waals surface area contributed by atoms with Crippen molar-refractivity contribution in [2.45, 2.75) is 25.3 Å². The van der Waals surface area contributed by atoms with Gasteiger partial charge in [0.05, 0.1) is 17.7 Å². The molecule has 0 bridgehead atoms. The van der Waals surface area contributed by atoms with Crippen LogP contribution in [0, 0.1) is 28.6 Å². The maximum absolute atomic E-state index is 12.1. The molecule has 0 heterocycles. The fraction of sp³-hybridized carbons (Fsp3) is 0.286. The van der Waals surface area contributed by atoms with E-state index in [0.717, 1.165) is 24.0 Å². The van der Waals surface area contributed by atoms with Gasteiger partial charge in [-0.1, -0.05) is 24.3 Å². The van der Waals surface area contributed by atoms with E-state index in [1.165, 1.54) is 0 Å². The lowest BCUT2D eigenvalue weighted by Gasteiger charge is -2.22. The van der Waals surface area contributed by atoms with Gasteiger partial charge in [0.25, 0.3) is 5.91 Å². The highest BCUT2D eigenvalue weighted by Gasteiger charge is 2.43. The molecule has 130 valence electrons. The van der Waals surface area contributed by atoms with Crippen LogP contribution in [0.2, 0.25) is 0 Å². The number of amides is 1. The Bertz CT molecular complexity index is 871.